The van der Waals surface area contributed by atoms with Gasteiger partial charge in [-0.15, -0.1) is 0 Å². The number of hydrazine groups is 1. The number of thiocarbonyl (C=S) groups is 1. The lowest BCUT2D eigenvalue weighted by atomic mass is 10.2. The van der Waals surface area contributed by atoms with E-state index in [1.54, 1.807) is 14.0 Å². The van der Waals surface area contributed by atoms with Crippen LogP contribution in [0.15, 0.2) is 24.3 Å². The largest absolute Gasteiger partial charge is 0.497 e. The molecule has 1 rings (SSSR count). The van der Waals surface area contributed by atoms with Crippen LogP contribution in [0.25, 0.3) is 0 Å². The lowest BCUT2D eigenvalue weighted by Crippen LogP contribution is -2.46. The molecule has 0 spiro atoms. The van der Waals surface area contributed by atoms with Crippen LogP contribution >= 0.6 is 12.2 Å². The third kappa shape index (κ3) is 8.01. The molecule has 0 aliphatic rings. The normalized spacial score (nSPS) is 9.65. The molecule has 3 N–H and O–H groups in total. The van der Waals surface area contributed by atoms with Gasteiger partial charge in [-0.2, -0.15) is 0 Å². The first-order valence-corrected chi connectivity index (χ1v) is 7.57. The lowest BCUT2D eigenvalue weighted by molar-refractivity contribution is -0.144. The van der Waals surface area contributed by atoms with Crippen LogP contribution in [-0.2, 0) is 20.9 Å². The Hall–Kier alpha value is -2.35. The maximum atomic E-state index is 11.5. The zero-order valence-electron chi connectivity index (χ0n) is 13.2. The zero-order chi connectivity index (χ0) is 17.1. The number of amides is 1. The molecule has 0 bridgehead atoms. The number of benzene rings is 1. The molecule has 7 nitrogen and oxygen atoms in total. The molecule has 8 heteroatoms. The highest BCUT2D eigenvalue weighted by Crippen LogP contribution is 2.10. The smallest absolute Gasteiger partial charge is 0.306 e. The van der Waals surface area contributed by atoms with Gasteiger partial charge < -0.3 is 14.8 Å². The second-order valence-corrected chi connectivity index (χ2v) is 4.92. The highest BCUT2D eigenvalue weighted by molar-refractivity contribution is 7.80. The van der Waals surface area contributed by atoms with Crippen molar-refractivity contribution in [3.8, 4) is 5.75 Å². The lowest BCUT2D eigenvalue weighted by Gasteiger charge is -2.11. The average Bonchev–Trinajstić information content (AvgIpc) is 2.57. The number of carbonyl (C=O) groups excluding carboxylic acids is 2. The first-order valence-electron chi connectivity index (χ1n) is 7.16. The minimum Gasteiger partial charge on any atom is -0.497 e. The summed E-state index contributed by atoms with van der Waals surface area (Å²) in [5.74, 6) is 0.0397. The van der Waals surface area contributed by atoms with Gasteiger partial charge in [0.1, 0.15) is 5.75 Å². The Bertz CT molecular complexity index is 534. The highest BCUT2D eigenvalue weighted by atomic mass is 32.1. The van der Waals surface area contributed by atoms with Crippen molar-refractivity contribution in [2.45, 2.75) is 26.3 Å². The minimum atomic E-state index is -0.400. The number of esters is 1. The van der Waals surface area contributed by atoms with Crippen molar-refractivity contribution in [3.05, 3.63) is 29.8 Å². The number of carbonyl (C=O) groups is 2. The fraction of sp³-hybridized carbons (Fsp3) is 0.400. The molecule has 1 aromatic carbocycles. The Morgan fingerprint density at radius 1 is 1.13 bits per heavy atom. The second kappa shape index (κ2) is 10.4. The monoisotopic (exact) mass is 339 g/mol. The van der Waals surface area contributed by atoms with Gasteiger partial charge in [-0.3, -0.25) is 20.4 Å². The summed E-state index contributed by atoms with van der Waals surface area (Å²) in [5, 5.41) is 3.23. The van der Waals surface area contributed by atoms with Gasteiger partial charge in [0.05, 0.1) is 20.1 Å². The number of ether oxygens (including phenoxy) is 2. The number of hydrogen-bond acceptors (Lipinski definition) is 5. The van der Waals surface area contributed by atoms with Gasteiger partial charge in [-0.1, -0.05) is 12.1 Å². The molecule has 0 saturated heterocycles. The SMILES string of the molecule is CCOC(=O)CCC(=O)NNC(=S)NCc1ccc(OC)cc1. The number of hydrogen-bond donors (Lipinski definition) is 3. The van der Waals surface area contributed by atoms with E-state index in [1.165, 1.54) is 0 Å². The van der Waals surface area contributed by atoms with Gasteiger partial charge in [0.2, 0.25) is 5.91 Å². The quantitative estimate of drug-likeness (QED) is 0.388. The Morgan fingerprint density at radius 3 is 2.43 bits per heavy atom. The Morgan fingerprint density at radius 2 is 1.83 bits per heavy atom. The van der Waals surface area contributed by atoms with Gasteiger partial charge in [0.15, 0.2) is 5.11 Å². The molecule has 0 saturated carbocycles. The van der Waals surface area contributed by atoms with E-state index in [2.05, 4.69) is 16.2 Å². The molecular formula is C15H21N3O4S. The van der Waals surface area contributed by atoms with Gasteiger partial charge in [0.25, 0.3) is 0 Å². The molecule has 0 atom stereocenters. The number of nitrogens with one attached hydrogen (secondary N) is 3. The van der Waals surface area contributed by atoms with Gasteiger partial charge in [-0.05, 0) is 36.8 Å². The predicted molar refractivity (Wildman–Crippen MR) is 89.6 cm³/mol. The van der Waals surface area contributed by atoms with Crippen LogP contribution in [0.1, 0.15) is 25.3 Å². The average molecular weight is 339 g/mol. The van der Waals surface area contributed by atoms with Gasteiger partial charge in [0, 0.05) is 13.0 Å². The first kappa shape index (κ1) is 18.7. The molecule has 0 heterocycles. The van der Waals surface area contributed by atoms with E-state index in [9.17, 15) is 9.59 Å². The number of rotatable bonds is 7. The van der Waals surface area contributed by atoms with Crippen molar-refractivity contribution in [1.82, 2.24) is 16.2 Å². The molecule has 0 radical (unpaired) electrons. The predicted octanol–water partition coefficient (Wildman–Crippen LogP) is 1.03. The van der Waals surface area contributed by atoms with Crippen LogP contribution in [0.5, 0.6) is 5.75 Å². The maximum Gasteiger partial charge on any atom is 0.306 e. The fourth-order valence-corrected chi connectivity index (χ4v) is 1.73. The van der Waals surface area contributed by atoms with Crippen molar-refractivity contribution >= 4 is 29.2 Å². The van der Waals surface area contributed by atoms with E-state index < -0.39 is 5.97 Å². The summed E-state index contributed by atoms with van der Waals surface area (Å²) in [4.78, 5) is 22.6. The molecule has 0 unspecified atom stereocenters. The second-order valence-electron chi connectivity index (χ2n) is 4.51. The summed E-state index contributed by atoms with van der Waals surface area (Å²) in [6.07, 6.45) is 0.0698. The molecule has 1 amide bonds. The van der Waals surface area contributed by atoms with Crippen molar-refractivity contribution in [2.24, 2.45) is 0 Å². The Balaban J connectivity index is 2.20. The third-order valence-corrected chi connectivity index (χ3v) is 3.04. The highest BCUT2D eigenvalue weighted by Gasteiger charge is 2.07. The van der Waals surface area contributed by atoms with Crippen molar-refractivity contribution in [3.63, 3.8) is 0 Å². The summed E-state index contributed by atoms with van der Waals surface area (Å²) < 4.78 is 9.81. The number of methoxy groups -OCH3 is 1. The topological polar surface area (TPSA) is 88.7 Å². The summed E-state index contributed by atoms with van der Waals surface area (Å²) >= 11 is 5.04. The van der Waals surface area contributed by atoms with Gasteiger partial charge in [-0.25, -0.2) is 0 Å². The van der Waals surface area contributed by atoms with Crippen molar-refractivity contribution < 1.29 is 19.1 Å². The summed E-state index contributed by atoms with van der Waals surface area (Å²) in [5.41, 5.74) is 6.01. The fourth-order valence-electron chi connectivity index (χ4n) is 1.61. The molecule has 0 aliphatic carbocycles. The van der Waals surface area contributed by atoms with Crippen LogP contribution in [0.2, 0.25) is 0 Å². The standard InChI is InChI=1S/C15H21N3O4S/c1-3-22-14(20)9-8-13(19)17-18-15(23)16-10-11-4-6-12(21-2)7-5-11/h4-7H,3,8-10H2,1-2H3,(H,17,19)(H2,16,18,23). The van der Waals surface area contributed by atoms with E-state index >= 15 is 0 Å². The van der Waals surface area contributed by atoms with E-state index in [0.29, 0.717) is 13.2 Å². The van der Waals surface area contributed by atoms with E-state index in [-0.39, 0.29) is 23.9 Å². The van der Waals surface area contributed by atoms with Gasteiger partial charge >= 0.3 is 5.97 Å². The zero-order valence-corrected chi connectivity index (χ0v) is 14.0. The molecule has 1 aromatic rings. The minimum absolute atomic E-state index is 0.0346. The summed E-state index contributed by atoms with van der Waals surface area (Å²) in [6, 6.07) is 7.52. The molecule has 0 fully saturated rings. The summed E-state index contributed by atoms with van der Waals surface area (Å²) in [6.45, 7) is 2.53. The molecule has 23 heavy (non-hydrogen) atoms. The Labute approximate surface area is 140 Å². The van der Waals surface area contributed by atoms with Crippen LogP contribution in [0, 0.1) is 0 Å². The van der Waals surface area contributed by atoms with Crippen molar-refractivity contribution in [2.75, 3.05) is 13.7 Å². The molecular weight excluding hydrogens is 318 g/mol. The maximum absolute atomic E-state index is 11.5. The molecule has 0 aromatic heterocycles. The van der Waals surface area contributed by atoms with Crippen LogP contribution in [-0.4, -0.2) is 30.7 Å². The first-order chi connectivity index (χ1) is 11.0. The van der Waals surface area contributed by atoms with Crippen LogP contribution in [0.3, 0.4) is 0 Å². The van der Waals surface area contributed by atoms with E-state index in [1.807, 2.05) is 24.3 Å². The summed E-state index contributed by atoms with van der Waals surface area (Å²) in [7, 11) is 1.61. The molecule has 0 aliphatic heterocycles. The van der Waals surface area contributed by atoms with Crippen LogP contribution < -0.4 is 20.9 Å². The van der Waals surface area contributed by atoms with E-state index in [0.717, 1.165) is 11.3 Å². The third-order valence-electron chi connectivity index (χ3n) is 2.79. The van der Waals surface area contributed by atoms with E-state index in [4.69, 9.17) is 21.7 Å². The Kier molecular flexibility index (Phi) is 8.45. The van der Waals surface area contributed by atoms with Crippen LogP contribution in [0.4, 0.5) is 0 Å². The molecule has 126 valence electrons. The van der Waals surface area contributed by atoms with Crippen molar-refractivity contribution in [1.29, 1.82) is 0 Å².